The fraction of sp³-hybridized carbons (Fsp3) is 0.240. The summed E-state index contributed by atoms with van der Waals surface area (Å²) in [5, 5.41) is 4.83. The molecule has 0 aliphatic carbocycles. The molecule has 0 fully saturated rings. The molecule has 0 amide bonds. The molecule has 2 aromatic heterocycles. The van der Waals surface area contributed by atoms with E-state index >= 15 is 0 Å². The maximum Gasteiger partial charge on any atom is -0.147 e. The first kappa shape index (κ1) is 48.2. The summed E-state index contributed by atoms with van der Waals surface area (Å²) in [6.45, 7) is 17.2. The Bertz CT molecular complexity index is 2520. The van der Waals surface area contributed by atoms with E-state index in [9.17, 15) is 0 Å². The molecule has 0 spiro atoms. The van der Waals surface area contributed by atoms with Crippen molar-refractivity contribution in [3.8, 4) is 67.9 Å². The Labute approximate surface area is 382 Å². The molecule has 0 bridgehead atoms. The Hall–Kier alpha value is -4.46. The predicted octanol–water partition coefficient (Wildman–Crippen LogP) is 14.5. The van der Waals surface area contributed by atoms with Gasteiger partial charge in [-0.25, -0.2) is 0 Å². The van der Waals surface area contributed by atoms with Crippen molar-refractivity contribution in [3.05, 3.63) is 131 Å². The number of rotatable bonds is 8. The van der Waals surface area contributed by atoms with Gasteiger partial charge in [0, 0.05) is 12.1 Å². The predicted molar refractivity (Wildman–Crippen MR) is 252 cm³/mol. The Balaban J connectivity index is 0.000000236. The molecule has 60 heavy (non-hydrogen) atoms. The number of fused-ring (bicyclic) bond motifs is 2. The summed E-state index contributed by atoms with van der Waals surface area (Å²) in [5.41, 5.74) is 12.0. The summed E-state index contributed by atoms with van der Waals surface area (Å²) in [7, 11) is 6.71. The molecule has 312 valence electrons. The zero-order valence-electron chi connectivity index (χ0n) is 36.5. The third-order valence-electron chi connectivity index (χ3n) is 10.4. The van der Waals surface area contributed by atoms with Crippen LogP contribution in [0.2, 0.25) is 13.1 Å². The van der Waals surface area contributed by atoms with Crippen molar-refractivity contribution in [2.45, 2.75) is 54.6 Å². The largest absolute Gasteiger partial charge is 0.147 e. The van der Waals surface area contributed by atoms with Crippen LogP contribution >= 0.6 is 24.8 Å². The number of aryl methyl sites for hydroxylation is 4. The average Bonchev–Trinajstić information content (AvgIpc) is 4.02. The standard InChI is InChI=1S/2C24H23O3.C2H6Si.2ClH.Zr/c2*1-14-8-17-9-18(23-7-6-15(2)27-23)12-22(17)24(16(14)3)19-10-20(25-4)13-21(11-19)26-5;1-3-2;;;/h2*6-13H,1-5H3;1-2H3;2*1H;/q2*-1;;;;+2. The quantitative estimate of drug-likeness (QED) is 0.112. The third kappa shape index (κ3) is 10.7. The second-order valence-electron chi connectivity index (χ2n) is 14.9. The molecule has 8 rings (SSSR count). The Kier molecular flexibility index (Phi) is 16.8. The zero-order chi connectivity index (χ0) is 41.8. The van der Waals surface area contributed by atoms with E-state index in [0.717, 1.165) is 68.3 Å². The molecule has 8 aromatic rings. The molecule has 6 nitrogen and oxygen atoms in total. The van der Waals surface area contributed by atoms with Gasteiger partial charge in [-0.05, 0) is 112 Å². The third-order valence-corrected chi connectivity index (χ3v) is 10.4. The van der Waals surface area contributed by atoms with E-state index < -0.39 is 0 Å². The average molecular weight is 941 g/mol. The van der Waals surface area contributed by atoms with Crippen molar-refractivity contribution in [1.82, 2.24) is 0 Å². The molecule has 2 heterocycles. The van der Waals surface area contributed by atoms with E-state index in [-0.39, 0.29) is 30.2 Å². The summed E-state index contributed by atoms with van der Waals surface area (Å²) in [6.07, 6.45) is 0. The van der Waals surface area contributed by atoms with Gasteiger partial charge in [0.15, 0.2) is 0 Å². The molecular weight excluding hydrogens is 887 g/mol. The van der Waals surface area contributed by atoms with Gasteiger partial charge in [-0.15, -0.1) is 82.8 Å². The van der Waals surface area contributed by atoms with Crippen molar-refractivity contribution in [2.75, 3.05) is 28.4 Å². The molecule has 0 N–H and O–H groups in total. The molecule has 0 saturated heterocycles. The molecule has 0 unspecified atom stereocenters. The van der Waals surface area contributed by atoms with Gasteiger partial charge in [0.2, 0.25) is 0 Å². The molecule has 10 heteroatoms. The van der Waals surface area contributed by atoms with Crippen LogP contribution in [0.4, 0.5) is 0 Å². The molecule has 0 aliphatic rings. The minimum absolute atomic E-state index is 0. The number of benzene rings is 4. The van der Waals surface area contributed by atoms with E-state index in [2.05, 4.69) is 101 Å². The van der Waals surface area contributed by atoms with Crippen molar-refractivity contribution >= 4 is 51.8 Å². The Morgan fingerprint density at radius 3 is 1.07 bits per heavy atom. The summed E-state index contributed by atoms with van der Waals surface area (Å²) in [6, 6.07) is 33.4. The molecule has 6 aromatic carbocycles. The first-order valence-electron chi connectivity index (χ1n) is 19.3. The van der Waals surface area contributed by atoms with Crippen molar-refractivity contribution in [2.24, 2.45) is 0 Å². The van der Waals surface area contributed by atoms with Crippen molar-refractivity contribution in [3.63, 3.8) is 0 Å². The minimum Gasteiger partial charge on any atom is -0.147 e. The van der Waals surface area contributed by atoms with Gasteiger partial charge in [-0.2, -0.15) is 0 Å². The van der Waals surface area contributed by atoms with Crippen LogP contribution in [0.15, 0.2) is 106 Å². The second kappa shape index (κ2) is 20.9. The van der Waals surface area contributed by atoms with E-state index in [1.165, 1.54) is 54.9 Å². The van der Waals surface area contributed by atoms with Crippen LogP contribution in [0, 0.1) is 41.5 Å². The van der Waals surface area contributed by atoms with Gasteiger partial charge in [0.05, 0.1) is 51.5 Å². The number of ether oxygens (including phenoxy) is 4. The van der Waals surface area contributed by atoms with Gasteiger partial charge < -0.3 is 27.8 Å². The van der Waals surface area contributed by atoms with Crippen molar-refractivity contribution < 1.29 is 51.1 Å². The van der Waals surface area contributed by atoms with Crippen LogP contribution in [0.5, 0.6) is 23.0 Å². The van der Waals surface area contributed by atoms with E-state index in [0.29, 0.717) is 0 Å². The molecule has 0 saturated carbocycles. The SMILES string of the molecule is COc1cc(OC)cc(-c2c(C)c(C)cc3[cH-]c(-c4ccc(C)o4)cc23)c1.COc1cc(OC)cc(-c2c(C)c(C)cc3[cH-]c(-c4ccc(C)o4)cc23)c1.C[Si](C)=[Zr+2].Cl.Cl. The number of hydrogen-bond acceptors (Lipinski definition) is 6. The van der Waals surface area contributed by atoms with Gasteiger partial charge in [0.1, 0.15) is 23.0 Å². The van der Waals surface area contributed by atoms with E-state index in [1.54, 1.807) is 51.8 Å². The second-order valence-corrected chi connectivity index (χ2v) is 24.3. The number of hydrogen-bond donors (Lipinski definition) is 0. The van der Waals surface area contributed by atoms with E-state index in [4.69, 9.17) is 27.8 Å². The topological polar surface area (TPSA) is 63.2 Å². The van der Waals surface area contributed by atoms with Crippen LogP contribution in [-0.2, 0) is 23.3 Å². The molecule has 0 atom stereocenters. The maximum atomic E-state index is 5.84. The summed E-state index contributed by atoms with van der Waals surface area (Å²) in [5.74, 6) is 6.76. The van der Waals surface area contributed by atoms with Gasteiger partial charge in [0.25, 0.3) is 0 Å². The van der Waals surface area contributed by atoms with E-state index in [1.807, 2.05) is 50.2 Å². The minimum atomic E-state index is 0. The molecule has 0 radical (unpaired) electrons. The smallest absolute Gasteiger partial charge is 0.147 e. The Morgan fingerprint density at radius 2 is 0.800 bits per heavy atom. The van der Waals surface area contributed by atoms with Crippen LogP contribution in [0.1, 0.15) is 33.8 Å². The van der Waals surface area contributed by atoms with Crippen molar-refractivity contribution in [1.29, 1.82) is 0 Å². The summed E-state index contributed by atoms with van der Waals surface area (Å²) in [4.78, 5) is 0. The molecular formula is C50H54Cl2O6SiZr. The normalized spacial score (nSPS) is 10.5. The Morgan fingerprint density at radius 1 is 0.483 bits per heavy atom. The number of methoxy groups -OCH3 is 4. The van der Waals surface area contributed by atoms with Crippen LogP contribution < -0.4 is 18.9 Å². The number of halogens is 2. The number of furan rings is 2. The monoisotopic (exact) mass is 938 g/mol. The first-order valence-corrected chi connectivity index (χ1v) is 25.5. The fourth-order valence-electron chi connectivity index (χ4n) is 7.32. The van der Waals surface area contributed by atoms with Crippen LogP contribution in [0.25, 0.3) is 66.4 Å². The molecule has 0 aliphatic heterocycles. The summed E-state index contributed by atoms with van der Waals surface area (Å²) < 4.78 is 33.6. The maximum absolute atomic E-state index is 5.84. The zero-order valence-corrected chi connectivity index (χ0v) is 41.6. The van der Waals surface area contributed by atoms with Gasteiger partial charge in [-0.1, -0.05) is 33.4 Å². The van der Waals surface area contributed by atoms with Gasteiger partial charge in [-0.3, -0.25) is 0 Å². The van der Waals surface area contributed by atoms with Crippen LogP contribution in [0.3, 0.4) is 0 Å². The van der Waals surface area contributed by atoms with Crippen LogP contribution in [-0.4, -0.2) is 33.9 Å². The first-order chi connectivity index (χ1) is 27.7. The summed E-state index contributed by atoms with van der Waals surface area (Å²) >= 11 is 1.74. The fourth-order valence-corrected chi connectivity index (χ4v) is 7.32. The van der Waals surface area contributed by atoms with Gasteiger partial charge >= 0.3 is 41.9 Å².